The van der Waals surface area contributed by atoms with Crippen LogP contribution in [0, 0.1) is 5.82 Å². The lowest BCUT2D eigenvalue weighted by Crippen LogP contribution is -2.44. The van der Waals surface area contributed by atoms with Crippen molar-refractivity contribution in [1.82, 2.24) is 9.88 Å². The average molecular weight is 280 g/mol. The Labute approximate surface area is 116 Å². The van der Waals surface area contributed by atoms with E-state index in [9.17, 15) is 14.0 Å². The van der Waals surface area contributed by atoms with Gasteiger partial charge in [0, 0.05) is 19.0 Å². The molecule has 1 fully saturated rings. The first-order chi connectivity index (χ1) is 9.58. The van der Waals surface area contributed by atoms with Crippen LogP contribution in [0.5, 0.6) is 0 Å². The third kappa shape index (κ3) is 3.53. The Morgan fingerprint density at radius 3 is 2.85 bits per heavy atom. The third-order valence-electron chi connectivity index (χ3n) is 3.53. The summed E-state index contributed by atoms with van der Waals surface area (Å²) in [4.78, 5) is 28.5. The van der Waals surface area contributed by atoms with E-state index >= 15 is 0 Å². The lowest BCUT2D eigenvalue weighted by atomic mass is 9.97. The van der Waals surface area contributed by atoms with Crippen molar-refractivity contribution in [1.29, 1.82) is 0 Å². The van der Waals surface area contributed by atoms with Gasteiger partial charge < -0.3 is 10.0 Å². The Balaban J connectivity index is 2.08. The molecule has 1 saturated heterocycles. The molecule has 1 N–H and O–H groups in total. The molecule has 0 bridgehead atoms. The molecule has 1 aromatic heterocycles. The lowest BCUT2D eigenvalue weighted by Gasteiger charge is -2.35. The molecule has 0 aromatic carbocycles. The van der Waals surface area contributed by atoms with Gasteiger partial charge in [0.2, 0.25) is 0 Å². The van der Waals surface area contributed by atoms with E-state index in [4.69, 9.17) is 5.11 Å². The number of aliphatic carboxylic acids is 1. The highest BCUT2D eigenvalue weighted by Crippen LogP contribution is 2.22. The number of hydrogen-bond donors (Lipinski definition) is 1. The largest absolute Gasteiger partial charge is 0.481 e. The Kier molecular flexibility index (Phi) is 4.65. The van der Waals surface area contributed by atoms with Crippen LogP contribution in [-0.4, -0.2) is 39.5 Å². The smallest absolute Gasteiger partial charge is 0.303 e. The zero-order chi connectivity index (χ0) is 14.5. The number of nitrogens with zero attached hydrogens (tertiary/aromatic N) is 2. The monoisotopic (exact) mass is 280 g/mol. The normalized spacial score (nSPS) is 18.9. The van der Waals surface area contributed by atoms with Gasteiger partial charge in [0.25, 0.3) is 5.91 Å². The number of carbonyl (C=O) groups excluding carboxylic acids is 1. The van der Waals surface area contributed by atoms with E-state index in [0.29, 0.717) is 13.0 Å². The molecule has 2 rings (SSSR count). The molecule has 108 valence electrons. The van der Waals surface area contributed by atoms with E-state index in [0.717, 1.165) is 25.5 Å². The Morgan fingerprint density at radius 2 is 2.20 bits per heavy atom. The zero-order valence-corrected chi connectivity index (χ0v) is 11.1. The summed E-state index contributed by atoms with van der Waals surface area (Å²) in [5.74, 6) is -1.59. The first-order valence-electron chi connectivity index (χ1n) is 6.72. The van der Waals surface area contributed by atoms with E-state index in [1.807, 2.05) is 0 Å². The van der Waals surface area contributed by atoms with E-state index in [2.05, 4.69) is 4.98 Å². The van der Waals surface area contributed by atoms with Crippen LogP contribution in [0.2, 0.25) is 0 Å². The van der Waals surface area contributed by atoms with E-state index in [-0.39, 0.29) is 24.1 Å². The fraction of sp³-hybridized carbons (Fsp3) is 0.500. The first kappa shape index (κ1) is 14.4. The van der Waals surface area contributed by atoms with Gasteiger partial charge in [-0.2, -0.15) is 0 Å². The molecule has 1 unspecified atom stereocenters. The molecule has 1 aromatic rings. The minimum absolute atomic E-state index is 0.0469. The number of halogens is 1. The number of carboxylic acid groups (broad SMARTS) is 1. The molecule has 6 heteroatoms. The third-order valence-corrected chi connectivity index (χ3v) is 3.53. The van der Waals surface area contributed by atoms with Crippen LogP contribution in [0.1, 0.15) is 42.6 Å². The van der Waals surface area contributed by atoms with Gasteiger partial charge >= 0.3 is 5.97 Å². The first-order valence-corrected chi connectivity index (χ1v) is 6.72. The second-order valence-corrected chi connectivity index (χ2v) is 4.94. The second kappa shape index (κ2) is 6.45. The van der Waals surface area contributed by atoms with Crippen molar-refractivity contribution in [3.8, 4) is 0 Å². The summed E-state index contributed by atoms with van der Waals surface area (Å²) in [6, 6.07) is 2.50. The Hall–Kier alpha value is -1.98. The molecule has 0 radical (unpaired) electrons. The summed E-state index contributed by atoms with van der Waals surface area (Å²) in [6.45, 7) is 0.599. The Morgan fingerprint density at radius 1 is 1.40 bits per heavy atom. The minimum Gasteiger partial charge on any atom is -0.481 e. The van der Waals surface area contributed by atoms with Crippen molar-refractivity contribution in [3.63, 3.8) is 0 Å². The molecule has 1 amide bonds. The van der Waals surface area contributed by atoms with E-state index < -0.39 is 11.8 Å². The molecule has 1 aliphatic rings. The SMILES string of the molecule is O=C(O)CCC1CCCCN1C(=O)c1ccc(F)cn1. The molecular formula is C14H17FN2O3. The Bertz CT molecular complexity index is 490. The van der Waals surface area contributed by atoms with Crippen molar-refractivity contribution in [2.45, 2.75) is 38.1 Å². The fourth-order valence-corrected chi connectivity index (χ4v) is 2.51. The molecule has 1 atom stereocenters. The van der Waals surface area contributed by atoms with Gasteiger partial charge in [-0.15, -0.1) is 0 Å². The average Bonchev–Trinajstić information content (AvgIpc) is 2.45. The number of carboxylic acids is 1. The number of likely N-dealkylation sites (tertiary alicyclic amines) is 1. The molecule has 20 heavy (non-hydrogen) atoms. The molecule has 5 nitrogen and oxygen atoms in total. The van der Waals surface area contributed by atoms with Crippen molar-refractivity contribution in [3.05, 3.63) is 29.8 Å². The number of aromatic nitrogens is 1. The van der Waals surface area contributed by atoms with E-state index in [1.165, 1.54) is 12.1 Å². The standard InChI is InChI=1S/C14H17FN2O3/c15-10-4-6-12(16-9-10)14(20)17-8-2-1-3-11(17)5-7-13(18)19/h4,6,9,11H,1-3,5,7-8H2,(H,18,19). The predicted molar refractivity (Wildman–Crippen MR) is 69.7 cm³/mol. The van der Waals surface area contributed by atoms with Gasteiger partial charge in [-0.25, -0.2) is 9.37 Å². The number of hydrogen-bond acceptors (Lipinski definition) is 3. The summed E-state index contributed by atoms with van der Waals surface area (Å²) in [6.07, 6.45) is 4.21. The second-order valence-electron chi connectivity index (χ2n) is 4.94. The number of pyridine rings is 1. The molecule has 0 aliphatic carbocycles. The van der Waals surface area contributed by atoms with Gasteiger partial charge in [0.1, 0.15) is 11.5 Å². The van der Waals surface area contributed by atoms with Gasteiger partial charge in [-0.05, 0) is 37.8 Å². The maximum atomic E-state index is 12.8. The highest BCUT2D eigenvalue weighted by molar-refractivity contribution is 5.92. The van der Waals surface area contributed by atoms with Crippen LogP contribution in [0.3, 0.4) is 0 Å². The predicted octanol–water partition coefficient (Wildman–Crippen LogP) is 2.08. The summed E-state index contributed by atoms with van der Waals surface area (Å²) in [5.41, 5.74) is 0.202. The van der Waals surface area contributed by atoms with Gasteiger partial charge in [-0.3, -0.25) is 9.59 Å². The molecule has 0 saturated carbocycles. The molecule has 0 spiro atoms. The van der Waals surface area contributed by atoms with Gasteiger partial charge in [0.05, 0.1) is 6.20 Å². The van der Waals surface area contributed by atoms with Crippen LogP contribution >= 0.6 is 0 Å². The van der Waals surface area contributed by atoms with Crippen LogP contribution in [0.15, 0.2) is 18.3 Å². The summed E-state index contributed by atoms with van der Waals surface area (Å²) >= 11 is 0. The minimum atomic E-state index is -0.858. The molecule has 2 heterocycles. The highest BCUT2D eigenvalue weighted by Gasteiger charge is 2.28. The van der Waals surface area contributed by atoms with Crippen LogP contribution in [0.25, 0.3) is 0 Å². The van der Waals surface area contributed by atoms with Crippen LogP contribution < -0.4 is 0 Å². The van der Waals surface area contributed by atoms with Crippen molar-refractivity contribution >= 4 is 11.9 Å². The topological polar surface area (TPSA) is 70.5 Å². The van der Waals surface area contributed by atoms with Crippen molar-refractivity contribution in [2.24, 2.45) is 0 Å². The number of carbonyl (C=O) groups is 2. The lowest BCUT2D eigenvalue weighted by molar-refractivity contribution is -0.137. The maximum Gasteiger partial charge on any atom is 0.303 e. The summed E-state index contributed by atoms with van der Waals surface area (Å²) < 4.78 is 12.8. The molecular weight excluding hydrogens is 263 g/mol. The van der Waals surface area contributed by atoms with E-state index in [1.54, 1.807) is 4.90 Å². The number of piperidine rings is 1. The van der Waals surface area contributed by atoms with Crippen molar-refractivity contribution < 1.29 is 19.1 Å². The maximum absolute atomic E-state index is 12.8. The summed E-state index contributed by atoms with van der Waals surface area (Å²) in [5, 5.41) is 8.76. The number of amides is 1. The number of rotatable bonds is 4. The van der Waals surface area contributed by atoms with Gasteiger partial charge in [0.15, 0.2) is 0 Å². The fourth-order valence-electron chi connectivity index (χ4n) is 2.51. The van der Waals surface area contributed by atoms with Crippen LogP contribution in [0.4, 0.5) is 4.39 Å². The quantitative estimate of drug-likeness (QED) is 0.916. The van der Waals surface area contributed by atoms with Gasteiger partial charge in [-0.1, -0.05) is 0 Å². The molecule has 1 aliphatic heterocycles. The summed E-state index contributed by atoms with van der Waals surface area (Å²) in [7, 11) is 0. The highest BCUT2D eigenvalue weighted by atomic mass is 19.1. The zero-order valence-electron chi connectivity index (χ0n) is 11.1. The van der Waals surface area contributed by atoms with Crippen LogP contribution in [-0.2, 0) is 4.79 Å². The van der Waals surface area contributed by atoms with Crippen molar-refractivity contribution in [2.75, 3.05) is 6.54 Å².